The molecule has 0 aliphatic heterocycles. The first-order valence-corrected chi connectivity index (χ1v) is 5.94. The second-order valence-corrected chi connectivity index (χ2v) is 4.31. The Bertz CT molecular complexity index is 692. The molecule has 0 unspecified atom stereocenters. The Morgan fingerprint density at radius 1 is 1.11 bits per heavy atom. The highest BCUT2D eigenvalue weighted by Crippen LogP contribution is 2.22. The van der Waals surface area contributed by atoms with E-state index < -0.39 is 0 Å². The van der Waals surface area contributed by atoms with Crippen LogP contribution in [0.25, 0.3) is 16.7 Å². The van der Waals surface area contributed by atoms with Gasteiger partial charge in [-0.2, -0.15) is 0 Å². The minimum absolute atomic E-state index is 0. The van der Waals surface area contributed by atoms with Crippen LogP contribution in [0.4, 0.5) is 0 Å². The SMILES string of the molecule is Cc1nc2cc(CO)ccc2n1-c1ccccc1.Cl. The number of rotatable bonds is 2. The number of benzene rings is 2. The summed E-state index contributed by atoms with van der Waals surface area (Å²) in [6.07, 6.45) is 0. The summed E-state index contributed by atoms with van der Waals surface area (Å²) in [5, 5.41) is 9.16. The maximum absolute atomic E-state index is 9.16. The lowest BCUT2D eigenvalue weighted by Crippen LogP contribution is -1.96. The Balaban J connectivity index is 0.00000133. The standard InChI is InChI=1S/C15H14N2O.ClH/c1-11-16-14-9-12(10-18)7-8-15(14)17(11)13-5-3-2-4-6-13;/h2-9,18H,10H2,1H3;1H. The van der Waals surface area contributed by atoms with E-state index in [2.05, 4.69) is 21.7 Å². The molecule has 0 aliphatic carbocycles. The van der Waals surface area contributed by atoms with Crippen molar-refractivity contribution in [2.75, 3.05) is 0 Å². The quantitative estimate of drug-likeness (QED) is 0.779. The fraction of sp³-hybridized carbons (Fsp3) is 0.133. The Labute approximate surface area is 117 Å². The number of hydrogen-bond acceptors (Lipinski definition) is 2. The molecule has 0 spiro atoms. The molecule has 0 saturated heterocycles. The first kappa shape index (κ1) is 13.6. The van der Waals surface area contributed by atoms with Gasteiger partial charge in [0.05, 0.1) is 17.6 Å². The van der Waals surface area contributed by atoms with Crippen molar-refractivity contribution in [3.05, 3.63) is 59.9 Å². The lowest BCUT2D eigenvalue weighted by Gasteiger charge is -2.06. The van der Waals surface area contributed by atoms with Crippen molar-refractivity contribution in [3.8, 4) is 5.69 Å². The monoisotopic (exact) mass is 274 g/mol. The molecule has 98 valence electrons. The minimum Gasteiger partial charge on any atom is -0.392 e. The highest BCUT2D eigenvalue weighted by atomic mass is 35.5. The van der Waals surface area contributed by atoms with Crippen LogP contribution >= 0.6 is 12.4 Å². The number of hydrogen-bond donors (Lipinski definition) is 1. The number of aryl methyl sites for hydroxylation is 1. The van der Waals surface area contributed by atoms with Crippen molar-refractivity contribution in [1.29, 1.82) is 0 Å². The maximum atomic E-state index is 9.16. The molecule has 0 atom stereocenters. The normalized spacial score (nSPS) is 10.4. The van der Waals surface area contributed by atoms with E-state index in [0.717, 1.165) is 28.1 Å². The average molecular weight is 275 g/mol. The molecule has 1 N–H and O–H groups in total. The molecule has 3 aromatic rings. The van der Waals surface area contributed by atoms with Crippen molar-refractivity contribution in [2.45, 2.75) is 13.5 Å². The average Bonchev–Trinajstić information content (AvgIpc) is 2.74. The van der Waals surface area contributed by atoms with Crippen LogP contribution in [0, 0.1) is 6.92 Å². The molecule has 3 rings (SSSR count). The van der Waals surface area contributed by atoms with E-state index in [-0.39, 0.29) is 19.0 Å². The smallest absolute Gasteiger partial charge is 0.111 e. The van der Waals surface area contributed by atoms with E-state index in [1.807, 2.05) is 43.3 Å². The van der Waals surface area contributed by atoms with Gasteiger partial charge in [-0.3, -0.25) is 4.57 Å². The third-order valence-electron chi connectivity index (χ3n) is 3.08. The largest absolute Gasteiger partial charge is 0.392 e. The first-order chi connectivity index (χ1) is 8.79. The van der Waals surface area contributed by atoms with Crippen LogP contribution in [0.2, 0.25) is 0 Å². The number of imidazole rings is 1. The molecule has 19 heavy (non-hydrogen) atoms. The summed E-state index contributed by atoms with van der Waals surface area (Å²) in [5.41, 5.74) is 3.98. The molecule has 0 amide bonds. The molecular weight excluding hydrogens is 260 g/mol. The summed E-state index contributed by atoms with van der Waals surface area (Å²) in [6.45, 7) is 2.04. The van der Waals surface area contributed by atoms with Gasteiger partial charge in [0.25, 0.3) is 0 Å². The molecule has 1 aromatic heterocycles. The van der Waals surface area contributed by atoms with Crippen molar-refractivity contribution in [1.82, 2.24) is 9.55 Å². The van der Waals surface area contributed by atoms with Crippen LogP contribution in [0.1, 0.15) is 11.4 Å². The number of aliphatic hydroxyl groups is 1. The van der Waals surface area contributed by atoms with Crippen LogP contribution in [0.15, 0.2) is 48.5 Å². The predicted octanol–water partition coefficient (Wildman–Crippen LogP) is 3.25. The van der Waals surface area contributed by atoms with Crippen LogP contribution < -0.4 is 0 Å². The van der Waals surface area contributed by atoms with Gasteiger partial charge in [0, 0.05) is 5.69 Å². The number of halogens is 1. The molecule has 0 bridgehead atoms. The molecule has 3 nitrogen and oxygen atoms in total. The molecule has 0 saturated carbocycles. The summed E-state index contributed by atoms with van der Waals surface area (Å²) >= 11 is 0. The number of nitrogens with zero attached hydrogens (tertiary/aromatic N) is 2. The van der Waals surface area contributed by atoms with E-state index in [4.69, 9.17) is 5.11 Å². The van der Waals surface area contributed by atoms with Gasteiger partial charge in [-0.25, -0.2) is 4.98 Å². The van der Waals surface area contributed by atoms with Gasteiger partial charge in [0.1, 0.15) is 5.82 Å². The van der Waals surface area contributed by atoms with Gasteiger partial charge in [0.2, 0.25) is 0 Å². The number of fused-ring (bicyclic) bond motifs is 1. The first-order valence-electron chi connectivity index (χ1n) is 5.94. The van der Waals surface area contributed by atoms with E-state index in [1.165, 1.54) is 0 Å². The van der Waals surface area contributed by atoms with E-state index in [9.17, 15) is 0 Å². The van der Waals surface area contributed by atoms with Gasteiger partial charge in [0.15, 0.2) is 0 Å². The van der Waals surface area contributed by atoms with Crippen LogP contribution in [-0.4, -0.2) is 14.7 Å². The van der Waals surface area contributed by atoms with Crippen LogP contribution in [-0.2, 0) is 6.61 Å². The highest BCUT2D eigenvalue weighted by Gasteiger charge is 2.09. The molecule has 0 aliphatic rings. The fourth-order valence-corrected chi connectivity index (χ4v) is 2.25. The van der Waals surface area contributed by atoms with Crippen molar-refractivity contribution in [2.24, 2.45) is 0 Å². The zero-order chi connectivity index (χ0) is 12.5. The number of aliphatic hydroxyl groups excluding tert-OH is 1. The van der Waals surface area contributed by atoms with Gasteiger partial charge in [-0.1, -0.05) is 24.3 Å². The van der Waals surface area contributed by atoms with Gasteiger partial charge < -0.3 is 5.11 Å². The third kappa shape index (κ3) is 2.35. The Kier molecular flexibility index (Phi) is 3.88. The highest BCUT2D eigenvalue weighted by molar-refractivity contribution is 5.85. The molecule has 4 heteroatoms. The molecule has 2 aromatic carbocycles. The third-order valence-corrected chi connectivity index (χ3v) is 3.08. The van der Waals surface area contributed by atoms with Gasteiger partial charge in [-0.05, 0) is 36.8 Å². The molecule has 1 heterocycles. The van der Waals surface area contributed by atoms with Crippen molar-refractivity contribution in [3.63, 3.8) is 0 Å². The fourth-order valence-electron chi connectivity index (χ4n) is 2.25. The van der Waals surface area contributed by atoms with Crippen molar-refractivity contribution >= 4 is 23.4 Å². The lowest BCUT2D eigenvalue weighted by atomic mass is 10.2. The van der Waals surface area contributed by atoms with Crippen molar-refractivity contribution < 1.29 is 5.11 Å². The number of aromatic nitrogens is 2. The van der Waals surface area contributed by atoms with Gasteiger partial charge in [-0.15, -0.1) is 12.4 Å². The predicted molar refractivity (Wildman–Crippen MR) is 79.0 cm³/mol. The zero-order valence-electron chi connectivity index (χ0n) is 10.6. The summed E-state index contributed by atoms with van der Waals surface area (Å²) in [5.74, 6) is 0.950. The molecule has 0 radical (unpaired) electrons. The van der Waals surface area contributed by atoms with E-state index >= 15 is 0 Å². The summed E-state index contributed by atoms with van der Waals surface area (Å²) in [4.78, 5) is 4.55. The summed E-state index contributed by atoms with van der Waals surface area (Å²) < 4.78 is 2.12. The van der Waals surface area contributed by atoms with E-state index in [0.29, 0.717) is 0 Å². The van der Waals surface area contributed by atoms with Crippen LogP contribution in [0.5, 0.6) is 0 Å². The molecular formula is C15H15ClN2O. The zero-order valence-corrected chi connectivity index (χ0v) is 11.4. The Morgan fingerprint density at radius 2 is 1.84 bits per heavy atom. The number of para-hydroxylation sites is 1. The lowest BCUT2D eigenvalue weighted by molar-refractivity contribution is 0.282. The summed E-state index contributed by atoms with van der Waals surface area (Å²) in [7, 11) is 0. The second-order valence-electron chi connectivity index (χ2n) is 4.31. The summed E-state index contributed by atoms with van der Waals surface area (Å²) in [6, 6.07) is 16.0. The van der Waals surface area contributed by atoms with Crippen LogP contribution in [0.3, 0.4) is 0 Å². The Hall–Kier alpha value is -1.84. The second kappa shape index (κ2) is 5.43. The maximum Gasteiger partial charge on any atom is 0.111 e. The minimum atomic E-state index is 0. The molecule has 0 fully saturated rings. The van der Waals surface area contributed by atoms with Gasteiger partial charge >= 0.3 is 0 Å². The van der Waals surface area contributed by atoms with E-state index in [1.54, 1.807) is 0 Å². The topological polar surface area (TPSA) is 38.1 Å². The Morgan fingerprint density at radius 3 is 2.53 bits per heavy atom.